The summed E-state index contributed by atoms with van der Waals surface area (Å²) in [6.45, 7) is 1.09. The van der Waals surface area contributed by atoms with Crippen LogP contribution >= 0.6 is 0 Å². The van der Waals surface area contributed by atoms with E-state index in [1.54, 1.807) is 6.07 Å². The van der Waals surface area contributed by atoms with Crippen molar-refractivity contribution in [3.05, 3.63) is 65.5 Å². The predicted octanol–water partition coefficient (Wildman–Crippen LogP) is 4.40. The molecular weight excluding hydrogens is 291 g/mol. The predicted molar refractivity (Wildman–Crippen MR) is 90.3 cm³/mol. The molecule has 2 N–H and O–H groups in total. The molecule has 1 aliphatic carbocycles. The first-order valence-corrected chi connectivity index (χ1v) is 8.24. The number of hydrogen-bond donors (Lipinski definition) is 2. The lowest BCUT2D eigenvalue weighted by Crippen LogP contribution is -2.22. The van der Waals surface area contributed by atoms with Crippen LogP contribution in [0.25, 0.3) is 0 Å². The Morgan fingerprint density at radius 1 is 1.00 bits per heavy atom. The first-order chi connectivity index (χ1) is 11.3. The lowest BCUT2D eigenvalue weighted by molar-refractivity contribution is 0.0451. The van der Waals surface area contributed by atoms with Gasteiger partial charge in [0, 0.05) is 12.2 Å². The van der Waals surface area contributed by atoms with Gasteiger partial charge in [-0.1, -0.05) is 37.1 Å². The van der Waals surface area contributed by atoms with Crippen molar-refractivity contribution in [3.8, 4) is 0 Å². The Bertz CT molecular complexity index is 612. The summed E-state index contributed by atoms with van der Waals surface area (Å²) >= 11 is 0. The second-order valence-corrected chi connectivity index (χ2v) is 5.98. The van der Waals surface area contributed by atoms with E-state index in [-0.39, 0.29) is 5.82 Å². The molecule has 3 rings (SSSR count). The largest absolute Gasteiger partial charge is 0.374 e. The number of anilines is 1. The Kier molecular flexibility index (Phi) is 5.61. The van der Waals surface area contributed by atoms with Gasteiger partial charge in [0.25, 0.3) is 0 Å². The smallest absolute Gasteiger partial charge is 0.123 e. The summed E-state index contributed by atoms with van der Waals surface area (Å²) in [5.41, 5.74) is 9.29. The van der Waals surface area contributed by atoms with Gasteiger partial charge in [-0.25, -0.2) is 9.82 Å². The molecule has 122 valence electrons. The van der Waals surface area contributed by atoms with E-state index < -0.39 is 0 Å². The SMILES string of the molecule is Fc1ccc(CNNc2ccccc2)c(COC2CCCC2)c1. The van der Waals surface area contributed by atoms with Gasteiger partial charge in [0.05, 0.1) is 12.7 Å². The van der Waals surface area contributed by atoms with E-state index in [0.717, 1.165) is 29.7 Å². The molecule has 0 aliphatic heterocycles. The van der Waals surface area contributed by atoms with Crippen LogP contribution in [0.3, 0.4) is 0 Å². The van der Waals surface area contributed by atoms with Gasteiger partial charge in [-0.2, -0.15) is 0 Å². The van der Waals surface area contributed by atoms with Crippen LogP contribution < -0.4 is 10.9 Å². The van der Waals surface area contributed by atoms with Gasteiger partial charge in [-0.3, -0.25) is 0 Å². The Morgan fingerprint density at radius 3 is 2.57 bits per heavy atom. The maximum Gasteiger partial charge on any atom is 0.123 e. The Hall–Kier alpha value is -1.91. The molecule has 0 aromatic heterocycles. The molecule has 0 spiro atoms. The number of nitrogens with one attached hydrogen (secondary N) is 2. The summed E-state index contributed by atoms with van der Waals surface area (Å²) in [6, 6.07) is 14.8. The van der Waals surface area contributed by atoms with Crippen LogP contribution in [-0.4, -0.2) is 6.10 Å². The van der Waals surface area contributed by atoms with Crippen molar-refractivity contribution < 1.29 is 9.13 Å². The molecule has 4 heteroatoms. The maximum absolute atomic E-state index is 13.5. The van der Waals surface area contributed by atoms with Crippen LogP contribution in [0.1, 0.15) is 36.8 Å². The van der Waals surface area contributed by atoms with Gasteiger partial charge in [0.2, 0.25) is 0 Å². The van der Waals surface area contributed by atoms with Crippen molar-refractivity contribution in [2.24, 2.45) is 0 Å². The zero-order valence-corrected chi connectivity index (χ0v) is 13.2. The summed E-state index contributed by atoms with van der Waals surface area (Å²) in [6.07, 6.45) is 5.06. The highest BCUT2D eigenvalue weighted by Crippen LogP contribution is 2.23. The van der Waals surface area contributed by atoms with Crippen molar-refractivity contribution in [2.75, 3.05) is 5.43 Å². The fourth-order valence-corrected chi connectivity index (χ4v) is 2.93. The van der Waals surface area contributed by atoms with Gasteiger partial charge < -0.3 is 10.2 Å². The number of hydrogen-bond acceptors (Lipinski definition) is 3. The minimum Gasteiger partial charge on any atom is -0.374 e. The Morgan fingerprint density at radius 2 is 1.78 bits per heavy atom. The first-order valence-electron chi connectivity index (χ1n) is 8.24. The summed E-state index contributed by atoms with van der Waals surface area (Å²) in [5.74, 6) is -0.213. The van der Waals surface area contributed by atoms with Crippen molar-refractivity contribution in [2.45, 2.75) is 44.9 Å². The van der Waals surface area contributed by atoms with E-state index in [4.69, 9.17) is 4.74 Å². The summed E-state index contributed by atoms with van der Waals surface area (Å²) in [5, 5.41) is 0. The number of halogens is 1. The van der Waals surface area contributed by atoms with Crippen LogP contribution in [-0.2, 0) is 17.9 Å². The molecule has 0 saturated heterocycles. The van der Waals surface area contributed by atoms with E-state index in [1.807, 2.05) is 36.4 Å². The third-order valence-corrected chi connectivity index (χ3v) is 4.23. The molecule has 0 amide bonds. The molecule has 0 atom stereocenters. The average molecular weight is 314 g/mol. The molecule has 1 saturated carbocycles. The number of rotatable bonds is 7. The van der Waals surface area contributed by atoms with Crippen molar-refractivity contribution in [3.63, 3.8) is 0 Å². The van der Waals surface area contributed by atoms with E-state index in [2.05, 4.69) is 10.9 Å². The number of hydrazine groups is 1. The second-order valence-electron chi connectivity index (χ2n) is 5.98. The summed E-state index contributed by atoms with van der Waals surface area (Å²) in [4.78, 5) is 0. The van der Waals surface area contributed by atoms with E-state index >= 15 is 0 Å². The molecule has 2 aromatic rings. The zero-order valence-electron chi connectivity index (χ0n) is 13.2. The molecule has 0 unspecified atom stereocenters. The first kappa shape index (κ1) is 16.0. The highest BCUT2D eigenvalue weighted by atomic mass is 19.1. The molecule has 23 heavy (non-hydrogen) atoms. The molecule has 0 radical (unpaired) electrons. The Balaban J connectivity index is 1.56. The highest BCUT2D eigenvalue weighted by Gasteiger charge is 2.16. The van der Waals surface area contributed by atoms with Gasteiger partial charge >= 0.3 is 0 Å². The van der Waals surface area contributed by atoms with Gasteiger partial charge in [-0.15, -0.1) is 0 Å². The number of para-hydroxylation sites is 1. The molecular formula is C19H23FN2O. The average Bonchev–Trinajstić information content (AvgIpc) is 3.09. The van der Waals surface area contributed by atoms with Crippen LogP contribution in [0.5, 0.6) is 0 Å². The van der Waals surface area contributed by atoms with E-state index in [0.29, 0.717) is 19.3 Å². The monoisotopic (exact) mass is 314 g/mol. The van der Waals surface area contributed by atoms with Crippen LogP contribution in [0.2, 0.25) is 0 Å². The van der Waals surface area contributed by atoms with Crippen molar-refractivity contribution in [1.82, 2.24) is 5.43 Å². The minimum atomic E-state index is -0.213. The topological polar surface area (TPSA) is 33.3 Å². The van der Waals surface area contributed by atoms with Crippen LogP contribution in [0, 0.1) is 5.82 Å². The maximum atomic E-state index is 13.5. The summed E-state index contributed by atoms with van der Waals surface area (Å²) in [7, 11) is 0. The summed E-state index contributed by atoms with van der Waals surface area (Å²) < 4.78 is 19.5. The normalized spacial score (nSPS) is 15.0. The highest BCUT2D eigenvalue weighted by molar-refractivity contribution is 5.41. The molecule has 0 heterocycles. The molecule has 1 fully saturated rings. The molecule has 3 nitrogen and oxygen atoms in total. The fraction of sp³-hybridized carbons (Fsp3) is 0.368. The fourth-order valence-electron chi connectivity index (χ4n) is 2.93. The quantitative estimate of drug-likeness (QED) is 0.743. The van der Waals surface area contributed by atoms with E-state index in [1.165, 1.54) is 18.9 Å². The third kappa shape index (κ3) is 4.78. The molecule has 2 aromatic carbocycles. The number of benzene rings is 2. The van der Waals surface area contributed by atoms with Crippen LogP contribution in [0.4, 0.5) is 10.1 Å². The van der Waals surface area contributed by atoms with E-state index in [9.17, 15) is 4.39 Å². The second kappa shape index (κ2) is 8.09. The van der Waals surface area contributed by atoms with Crippen LogP contribution in [0.15, 0.2) is 48.5 Å². The lowest BCUT2D eigenvalue weighted by Gasteiger charge is -2.15. The zero-order chi connectivity index (χ0) is 15.9. The Labute approximate surface area is 136 Å². The van der Waals surface area contributed by atoms with Gasteiger partial charge in [0.1, 0.15) is 5.82 Å². The van der Waals surface area contributed by atoms with Crippen molar-refractivity contribution in [1.29, 1.82) is 0 Å². The molecule has 1 aliphatic rings. The standard InChI is InChI=1S/C19H23FN2O/c20-17-11-10-15(13-21-22-18-6-2-1-3-7-18)16(12-17)14-23-19-8-4-5-9-19/h1-3,6-7,10-12,19,21-22H,4-5,8-9,13-14H2. The third-order valence-electron chi connectivity index (χ3n) is 4.23. The van der Waals surface area contributed by atoms with Gasteiger partial charge in [-0.05, 0) is 48.2 Å². The van der Waals surface area contributed by atoms with Crippen molar-refractivity contribution >= 4 is 5.69 Å². The van der Waals surface area contributed by atoms with Gasteiger partial charge in [0.15, 0.2) is 0 Å². The number of ether oxygens (including phenoxy) is 1. The lowest BCUT2D eigenvalue weighted by atomic mass is 10.1. The minimum absolute atomic E-state index is 0.213. The molecule has 0 bridgehead atoms.